The smallest absolute Gasteiger partial charge is 0.251 e. The average molecular weight is 459 g/mol. The van der Waals surface area contributed by atoms with Crippen LogP contribution in [0.15, 0.2) is 78.9 Å². The maximum atomic E-state index is 12.5. The Morgan fingerprint density at radius 2 is 1.26 bits per heavy atom. The van der Waals surface area contributed by atoms with Crippen molar-refractivity contribution in [3.63, 3.8) is 0 Å². The molecule has 7 heteroatoms. The van der Waals surface area contributed by atoms with Gasteiger partial charge in [-0.15, -0.1) is 0 Å². The Kier molecular flexibility index (Phi) is 8.40. The molecule has 3 aromatic carbocycles. The summed E-state index contributed by atoms with van der Waals surface area (Å²) in [5, 5.41) is 11.6. The summed E-state index contributed by atoms with van der Waals surface area (Å²) in [6.07, 6.45) is 0. The van der Waals surface area contributed by atoms with Gasteiger partial charge in [0.25, 0.3) is 5.91 Å². The maximum Gasteiger partial charge on any atom is 0.251 e. The Morgan fingerprint density at radius 1 is 0.706 bits per heavy atom. The number of carbonyl (C=O) groups excluding carboxylic acids is 3. The number of benzene rings is 3. The van der Waals surface area contributed by atoms with Crippen LogP contribution in [0.3, 0.4) is 0 Å². The molecule has 7 nitrogen and oxygen atoms in total. The molecule has 1 atom stereocenters. The molecule has 0 heterocycles. The molecule has 3 aromatic rings. The van der Waals surface area contributed by atoms with Crippen LogP contribution in [0.5, 0.6) is 0 Å². The standard InChI is InChI=1S/C27H30N4O3/c1-18(2)26(33)31-24-15-13-22(14-16-24)28-17-25(32)30-23-11-9-21(10-12-23)27(34)29-19(3)20-7-5-4-6-8-20/h4-16,18-19,28H,17H2,1-3H3,(H,29,34)(H,30,32)(H,31,33). The van der Waals surface area contributed by atoms with Crippen molar-refractivity contribution in [3.8, 4) is 0 Å². The van der Waals surface area contributed by atoms with Gasteiger partial charge < -0.3 is 21.3 Å². The molecule has 4 N–H and O–H groups in total. The first-order valence-electron chi connectivity index (χ1n) is 11.2. The zero-order valence-electron chi connectivity index (χ0n) is 19.6. The number of anilines is 3. The van der Waals surface area contributed by atoms with Gasteiger partial charge in [-0.05, 0) is 61.0 Å². The van der Waals surface area contributed by atoms with Crippen molar-refractivity contribution in [3.05, 3.63) is 90.0 Å². The topological polar surface area (TPSA) is 99.3 Å². The van der Waals surface area contributed by atoms with Gasteiger partial charge >= 0.3 is 0 Å². The fourth-order valence-corrected chi connectivity index (χ4v) is 3.16. The molecule has 0 radical (unpaired) electrons. The van der Waals surface area contributed by atoms with Gasteiger partial charge in [0.15, 0.2) is 0 Å². The Morgan fingerprint density at radius 3 is 1.88 bits per heavy atom. The lowest BCUT2D eigenvalue weighted by Crippen LogP contribution is -2.26. The van der Waals surface area contributed by atoms with E-state index in [2.05, 4.69) is 21.3 Å². The van der Waals surface area contributed by atoms with Crippen molar-refractivity contribution in [1.82, 2.24) is 5.32 Å². The largest absolute Gasteiger partial charge is 0.376 e. The van der Waals surface area contributed by atoms with E-state index in [0.717, 1.165) is 11.3 Å². The van der Waals surface area contributed by atoms with Gasteiger partial charge in [-0.3, -0.25) is 14.4 Å². The number of hydrogen-bond donors (Lipinski definition) is 4. The number of amides is 3. The van der Waals surface area contributed by atoms with E-state index < -0.39 is 0 Å². The Bertz CT molecular complexity index is 1110. The van der Waals surface area contributed by atoms with Gasteiger partial charge in [0.2, 0.25) is 11.8 Å². The minimum Gasteiger partial charge on any atom is -0.376 e. The van der Waals surface area contributed by atoms with Gasteiger partial charge in [0, 0.05) is 28.5 Å². The van der Waals surface area contributed by atoms with Gasteiger partial charge in [-0.2, -0.15) is 0 Å². The highest BCUT2D eigenvalue weighted by molar-refractivity contribution is 5.97. The van der Waals surface area contributed by atoms with Crippen LogP contribution < -0.4 is 21.3 Å². The van der Waals surface area contributed by atoms with Crippen molar-refractivity contribution in [2.75, 3.05) is 22.5 Å². The van der Waals surface area contributed by atoms with Crippen molar-refractivity contribution in [2.45, 2.75) is 26.8 Å². The lowest BCUT2D eigenvalue weighted by atomic mass is 10.1. The summed E-state index contributed by atoms with van der Waals surface area (Å²) in [6, 6.07) is 23.6. The summed E-state index contributed by atoms with van der Waals surface area (Å²) >= 11 is 0. The van der Waals surface area contributed by atoms with Crippen molar-refractivity contribution < 1.29 is 14.4 Å². The molecule has 0 saturated heterocycles. The van der Waals surface area contributed by atoms with Crippen LogP contribution in [-0.4, -0.2) is 24.3 Å². The van der Waals surface area contributed by atoms with Crippen LogP contribution in [0.1, 0.15) is 42.7 Å². The highest BCUT2D eigenvalue weighted by Gasteiger charge is 2.12. The molecule has 0 fully saturated rings. The molecule has 0 aromatic heterocycles. The molecule has 34 heavy (non-hydrogen) atoms. The van der Waals surface area contributed by atoms with Crippen molar-refractivity contribution in [1.29, 1.82) is 0 Å². The highest BCUT2D eigenvalue weighted by Crippen LogP contribution is 2.16. The van der Waals surface area contributed by atoms with E-state index in [-0.39, 0.29) is 36.2 Å². The zero-order valence-corrected chi connectivity index (χ0v) is 19.6. The Labute approximate surface area is 200 Å². The number of hydrogen-bond acceptors (Lipinski definition) is 4. The van der Waals surface area contributed by atoms with Crippen LogP contribution in [0.4, 0.5) is 17.1 Å². The van der Waals surface area contributed by atoms with E-state index in [1.165, 1.54) is 0 Å². The summed E-state index contributed by atoms with van der Waals surface area (Å²) < 4.78 is 0. The van der Waals surface area contributed by atoms with E-state index in [1.807, 2.05) is 51.1 Å². The molecule has 0 spiro atoms. The van der Waals surface area contributed by atoms with E-state index in [0.29, 0.717) is 16.9 Å². The highest BCUT2D eigenvalue weighted by atomic mass is 16.2. The summed E-state index contributed by atoms with van der Waals surface area (Å²) in [4.78, 5) is 36.5. The molecule has 3 rings (SSSR count). The van der Waals surface area contributed by atoms with Crippen LogP contribution in [0, 0.1) is 5.92 Å². The van der Waals surface area contributed by atoms with E-state index in [1.54, 1.807) is 48.5 Å². The van der Waals surface area contributed by atoms with Crippen LogP contribution in [0.25, 0.3) is 0 Å². The molecule has 0 aliphatic heterocycles. The van der Waals surface area contributed by atoms with Crippen LogP contribution >= 0.6 is 0 Å². The second-order valence-corrected chi connectivity index (χ2v) is 8.31. The quantitative estimate of drug-likeness (QED) is 0.369. The lowest BCUT2D eigenvalue weighted by molar-refractivity contribution is -0.119. The molecule has 0 aliphatic rings. The normalized spacial score (nSPS) is 11.4. The monoisotopic (exact) mass is 458 g/mol. The summed E-state index contributed by atoms with van der Waals surface area (Å²) in [7, 11) is 0. The predicted molar refractivity (Wildman–Crippen MR) is 136 cm³/mol. The molecular weight excluding hydrogens is 428 g/mol. The summed E-state index contributed by atoms with van der Waals surface area (Å²) in [6.45, 7) is 5.68. The molecule has 0 bridgehead atoms. The Balaban J connectivity index is 1.46. The van der Waals surface area contributed by atoms with Crippen LogP contribution in [0.2, 0.25) is 0 Å². The minimum atomic E-state index is -0.216. The second-order valence-electron chi connectivity index (χ2n) is 8.31. The number of nitrogens with one attached hydrogen (secondary N) is 4. The summed E-state index contributed by atoms with van der Waals surface area (Å²) in [5.74, 6) is -0.534. The lowest BCUT2D eigenvalue weighted by Gasteiger charge is -2.14. The zero-order chi connectivity index (χ0) is 24.5. The predicted octanol–water partition coefficient (Wildman–Crippen LogP) is 4.82. The van der Waals surface area contributed by atoms with Crippen molar-refractivity contribution >= 4 is 34.8 Å². The van der Waals surface area contributed by atoms with Crippen molar-refractivity contribution in [2.24, 2.45) is 5.92 Å². The first kappa shape index (κ1) is 24.5. The van der Waals surface area contributed by atoms with Gasteiger partial charge in [-0.25, -0.2) is 0 Å². The van der Waals surface area contributed by atoms with Gasteiger partial charge in [0.1, 0.15) is 0 Å². The third-order valence-corrected chi connectivity index (χ3v) is 5.21. The third-order valence-electron chi connectivity index (χ3n) is 5.21. The van der Waals surface area contributed by atoms with E-state index >= 15 is 0 Å². The maximum absolute atomic E-state index is 12.5. The molecular formula is C27H30N4O3. The SMILES string of the molecule is CC(C)C(=O)Nc1ccc(NCC(=O)Nc2ccc(C(=O)NC(C)c3ccccc3)cc2)cc1. The first-order chi connectivity index (χ1) is 16.3. The number of rotatable bonds is 9. The van der Waals surface area contributed by atoms with Crippen LogP contribution in [-0.2, 0) is 9.59 Å². The van der Waals surface area contributed by atoms with Gasteiger partial charge in [0.05, 0.1) is 12.6 Å². The molecule has 0 aliphatic carbocycles. The fraction of sp³-hybridized carbons (Fsp3) is 0.222. The molecule has 176 valence electrons. The first-order valence-corrected chi connectivity index (χ1v) is 11.2. The van der Waals surface area contributed by atoms with E-state index in [9.17, 15) is 14.4 Å². The molecule has 3 amide bonds. The summed E-state index contributed by atoms with van der Waals surface area (Å²) in [5.41, 5.74) is 3.62. The minimum absolute atomic E-state index is 0.0470. The average Bonchev–Trinajstić information content (AvgIpc) is 2.84. The molecule has 1 unspecified atom stereocenters. The number of carbonyl (C=O) groups is 3. The third kappa shape index (κ3) is 7.20. The fourth-order valence-electron chi connectivity index (χ4n) is 3.16. The molecule has 0 saturated carbocycles. The second kappa shape index (κ2) is 11.7. The van der Waals surface area contributed by atoms with E-state index in [4.69, 9.17) is 0 Å². The Hall–Kier alpha value is -4.13. The van der Waals surface area contributed by atoms with Gasteiger partial charge in [-0.1, -0.05) is 44.2 Å².